The molecule has 2 rings (SSSR count). The number of carbonyl (C=O) groups excluding carboxylic acids is 1. The van der Waals surface area contributed by atoms with Gasteiger partial charge in [0.15, 0.2) is 0 Å². The predicted molar refractivity (Wildman–Crippen MR) is 72.9 cm³/mol. The molecule has 2 aliphatic rings. The normalized spacial score (nSPS) is 32.4. The van der Waals surface area contributed by atoms with Gasteiger partial charge >= 0.3 is 0 Å². The maximum atomic E-state index is 12.2. The maximum Gasteiger partial charge on any atom is 0.222 e. The van der Waals surface area contributed by atoms with Crippen molar-refractivity contribution in [3.8, 4) is 0 Å². The molecule has 1 amide bonds. The molecule has 0 aromatic heterocycles. The maximum absolute atomic E-state index is 12.2. The fraction of sp³-hybridized carbons (Fsp3) is 0.929. The van der Waals surface area contributed by atoms with Crippen LogP contribution in [0.3, 0.4) is 0 Å². The largest absolute Gasteiger partial charge is 0.378 e. The second-order valence-electron chi connectivity index (χ2n) is 5.55. The molecule has 0 aromatic rings. The minimum atomic E-state index is 0.135. The molecular formula is C14H24ClNO2. The van der Waals surface area contributed by atoms with E-state index in [1.807, 2.05) is 11.9 Å². The number of halogens is 1. The first-order valence-corrected chi connectivity index (χ1v) is 7.63. The third-order valence-corrected chi connectivity index (χ3v) is 4.75. The Kier molecular flexibility index (Phi) is 5.31. The summed E-state index contributed by atoms with van der Waals surface area (Å²) < 4.78 is 5.55. The Morgan fingerprint density at radius 2 is 2.06 bits per heavy atom. The van der Waals surface area contributed by atoms with Gasteiger partial charge in [-0.25, -0.2) is 0 Å². The summed E-state index contributed by atoms with van der Waals surface area (Å²) in [5.74, 6) is 0.225. The molecule has 18 heavy (non-hydrogen) atoms. The molecule has 3 unspecified atom stereocenters. The van der Waals surface area contributed by atoms with Gasteiger partial charge in [-0.3, -0.25) is 4.79 Å². The molecule has 0 aromatic carbocycles. The Hall–Kier alpha value is -0.280. The van der Waals surface area contributed by atoms with Crippen LogP contribution in [-0.2, 0) is 9.53 Å². The zero-order valence-corrected chi connectivity index (χ0v) is 12.0. The number of ether oxygens (including phenoxy) is 1. The SMILES string of the molecule is CN(C(=O)CCC1CCCO1)C1CCCCC1Cl. The highest BCUT2D eigenvalue weighted by Crippen LogP contribution is 2.27. The molecule has 0 N–H and O–H groups in total. The lowest BCUT2D eigenvalue weighted by Gasteiger charge is -2.35. The zero-order chi connectivity index (χ0) is 13.0. The molecule has 3 nitrogen and oxygen atoms in total. The summed E-state index contributed by atoms with van der Waals surface area (Å²) in [6, 6.07) is 0.234. The zero-order valence-electron chi connectivity index (χ0n) is 11.2. The third kappa shape index (κ3) is 3.61. The molecule has 1 aliphatic carbocycles. The average Bonchev–Trinajstić information content (AvgIpc) is 2.89. The Bertz CT molecular complexity index is 279. The van der Waals surface area contributed by atoms with E-state index in [4.69, 9.17) is 16.3 Å². The van der Waals surface area contributed by atoms with E-state index in [0.717, 1.165) is 38.7 Å². The van der Waals surface area contributed by atoms with E-state index in [2.05, 4.69) is 0 Å². The second kappa shape index (κ2) is 6.76. The quantitative estimate of drug-likeness (QED) is 0.737. The van der Waals surface area contributed by atoms with Crippen molar-refractivity contribution in [2.24, 2.45) is 0 Å². The number of hydrogen-bond acceptors (Lipinski definition) is 2. The van der Waals surface area contributed by atoms with E-state index in [9.17, 15) is 4.79 Å². The Morgan fingerprint density at radius 3 is 2.72 bits per heavy atom. The van der Waals surface area contributed by atoms with Crippen LogP contribution in [0.2, 0.25) is 0 Å². The Balaban J connectivity index is 1.76. The van der Waals surface area contributed by atoms with Gasteiger partial charge in [0.25, 0.3) is 0 Å². The summed E-state index contributed by atoms with van der Waals surface area (Å²) in [7, 11) is 1.91. The van der Waals surface area contributed by atoms with Gasteiger partial charge in [-0.2, -0.15) is 0 Å². The van der Waals surface area contributed by atoms with Crippen molar-refractivity contribution in [2.45, 2.75) is 68.9 Å². The van der Waals surface area contributed by atoms with Crippen molar-refractivity contribution in [1.82, 2.24) is 4.90 Å². The van der Waals surface area contributed by atoms with Gasteiger partial charge in [-0.05, 0) is 32.1 Å². The molecule has 1 saturated carbocycles. The van der Waals surface area contributed by atoms with Gasteiger partial charge in [-0.1, -0.05) is 12.8 Å². The molecule has 2 fully saturated rings. The van der Waals surface area contributed by atoms with Crippen LogP contribution in [0.5, 0.6) is 0 Å². The summed E-state index contributed by atoms with van der Waals surface area (Å²) in [5, 5.41) is 0.135. The first kappa shape index (κ1) is 14.1. The summed E-state index contributed by atoms with van der Waals surface area (Å²) >= 11 is 6.33. The number of amides is 1. The Labute approximate surface area is 115 Å². The minimum absolute atomic E-state index is 0.135. The lowest BCUT2D eigenvalue weighted by Crippen LogP contribution is -2.44. The molecule has 0 radical (unpaired) electrons. The van der Waals surface area contributed by atoms with E-state index < -0.39 is 0 Å². The predicted octanol–water partition coefficient (Wildman–Crippen LogP) is 2.95. The summed E-state index contributed by atoms with van der Waals surface area (Å²) in [6.45, 7) is 0.862. The second-order valence-corrected chi connectivity index (χ2v) is 6.11. The van der Waals surface area contributed by atoms with E-state index in [1.165, 1.54) is 12.8 Å². The van der Waals surface area contributed by atoms with E-state index in [1.54, 1.807) is 0 Å². The molecular weight excluding hydrogens is 250 g/mol. The van der Waals surface area contributed by atoms with Gasteiger partial charge in [0.05, 0.1) is 11.5 Å². The number of carbonyl (C=O) groups is 1. The van der Waals surface area contributed by atoms with Gasteiger partial charge in [0.2, 0.25) is 5.91 Å². The average molecular weight is 274 g/mol. The topological polar surface area (TPSA) is 29.5 Å². The van der Waals surface area contributed by atoms with Crippen LogP contribution >= 0.6 is 11.6 Å². The van der Waals surface area contributed by atoms with E-state index in [-0.39, 0.29) is 17.3 Å². The van der Waals surface area contributed by atoms with Gasteiger partial charge in [0.1, 0.15) is 0 Å². The molecule has 3 atom stereocenters. The first-order chi connectivity index (χ1) is 8.68. The van der Waals surface area contributed by atoms with Crippen molar-refractivity contribution < 1.29 is 9.53 Å². The van der Waals surface area contributed by atoms with Crippen LogP contribution in [0.15, 0.2) is 0 Å². The van der Waals surface area contributed by atoms with Crippen LogP contribution in [-0.4, -0.2) is 42.0 Å². The van der Waals surface area contributed by atoms with Crippen molar-refractivity contribution in [3.63, 3.8) is 0 Å². The number of hydrogen-bond donors (Lipinski definition) is 0. The third-order valence-electron chi connectivity index (χ3n) is 4.24. The fourth-order valence-corrected chi connectivity index (χ4v) is 3.47. The van der Waals surface area contributed by atoms with Gasteiger partial charge < -0.3 is 9.64 Å². The van der Waals surface area contributed by atoms with Crippen LogP contribution < -0.4 is 0 Å². The Morgan fingerprint density at radius 1 is 1.28 bits per heavy atom. The highest BCUT2D eigenvalue weighted by atomic mass is 35.5. The lowest BCUT2D eigenvalue weighted by molar-refractivity contribution is -0.133. The van der Waals surface area contributed by atoms with Gasteiger partial charge in [0, 0.05) is 26.1 Å². The number of rotatable bonds is 4. The first-order valence-electron chi connectivity index (χ1n) is 7.20. The fourth-order valence-electron chi connectivity index (χ4n) is 3.02. The summed E-state index contributed by atoms with van der Waals surface area (Å²) in [4.78, 5) is 14.0. The van der Waals surface area contributed by atoms with Gasteiger partial charge in [-0.15, -0.1) is 11.6 Å². The lowest BCUT2D eigenvalue weighted by atomic mass is 9.93. The number of nitrogens with zero attached hydrogens (tertiary/aromatic N) is 1. The van der Waals surface area contributed by atoms with E-state index >= 15 is 0 Å². The highest BCUT2D eigenvalue weighted by molar-refractivity contribution is 6.21. The molecule has 104 valence electrons. The number of alkyl halides is 1. The molecule has 4 heteroatoms. The molecule has 1 heterocycles. The monoisotopic (exact) mass is 273 g/mol. The smallest absolute Gasteiger partial charge is 0.222 e. The van der Waals surface area contributed by atoms with Crippen molar-refractivity contribution in [3.05, 3.63) is 0 Å². The van der Waals surface area contributed by atoms with Crippen LogP contribution in [0.25, 0.3) is 0 Å². The van der Waals surface area contributed by atoms with Crippen LogP contribution in [0, 0.1) is 0 Å². The molecule has 0 spiro atoms. The summed E-state index contributed by atoms with van der Waals surface area (Å²) in [6.07, 6.45) is 8.50. The van der Waals surface area contributed by atoms with E-state index in [0.29, 0.717) is 12.5 Å². The standard InChI is InChI=1S/C14H24ClNO2/c1-16(13-7-3-2-6-12(13)15)14(17)9-8-11-5-4-10-18-11/h11-13H,2-10H2,1H3. The van der Waals surface area contributed by atoms with Crippen LogP contribution in [0.1, 0.15) is 51.4 Å². The molecule has 1 aliphatic heterocycles. The minimum Gasteiger partial charge on any atom is -0.378 e. The van der Waals surface area contributed by atoms with Crippen molar-refractivity contribution in [1.29, 1.82) is 0 Å². The molecule has 1 saturated heterocycles. The van der Waals surface area contributed by atoms with Crippen molar-refractivity contribution in [2.75, 3.05) is 13.7 Å². The molecule has 0 bridgehead atoms. The van der Waals surface area contributed by atoms with Crippen LogP contribution in [0.4, 0.5) is 0 Å². The van der Waals surface area contributed by atoms with Crippen molar-refractivity contribution >= 4 is 17.5 Å². The summed E-state index contributed by atoms with van der Waals surface area (Å²) in [5.41, 5.74) is 0. The highest BCUT2D eigenvalue weighted by Gasteiger charge is 2.29.